The molecule has 1 aromatic carbocycles. The third-order valence-corrected chi connectivity index (χ3v) is 3.13. The van der Waals surface area contributed by atoms with Crippen LogP contribution in [-0.4, -0.2) is 31.8 Å². The second kappa shape index (κ2) is 4.86. The molecule has 5 nitrogen and oxygen atoms in total. The number of carbonyl (C=O) groups is 1. The van der Waals surface area contributed by atoms with Crippen molar-refractivity contribution >= 4 is 17.3 Å². The molecule has 3 N–H and O–H groups in total. The van der Waals surface area contributed by atoms with Crippen LogP contribution in [0.4, 0.5) is 11.4 Å². The first-order chi connectivity index (χ1) is 8.54. The van der Waals surface area contributed by atoms with Gasteiger partial charge in [-0.1, -0.05) is 0 Å². The molecule has 0 bridgehead atoms. The summed E-state index contributed by atoms with van der Waals surface area (Å²) in [5.74, 6) is -0.370. The molecule has 1 heterocycles. The molecule has 98 valence electrons. The Morgan fingerprint density at radius 3 is 2.94 bits per heavy atom. The number of nitrogens with one attached hydrogen (secondary N) is 1. The number of rotatable bonds is 3. The van der Waals surface area contributed by atoms with Gasteiger partial charge < -0.3 is 20.5 Å². The molecule has 1 saturated heterocycles. The second-order valence-corrected chi connectivity index (χ2v) is 4.78. The summed E-state index contributed by atoms with van der Waals surface area (Å²) in [6.45, 7) is 3.44. The Hall–Kier alpha value is -1.75. The Morgan fingerprint density at radius 1 is 1.56 bits per heavy atom. The van der Waals surface area contributed by atoms with E-state index >= 15 is 0 Å². The zero-order chi connectivity index (χ0) is 13.2. The van der Waals surface area contributed by atoms with Gasteiger partial charge >= 0.3 is 5.97 Å². The molecule has 0 spiro atoms. The molecule has 1 unspecified atom stereocenters. The van der Waals surface area contributed by atoms with Gasteiger partial charge in [-0.3, -0.25) is 0 Å². The van der Waals surface area contributed by atoms with E-state index in [4.69, 9.17) is 15.2 Å². The molecule has 2 rings (SSSR count). The molecule has 1 atom stereocenters. The maximum Gasteiger partial charge on any atom is 0.337 e. The summed E-state index contributed by atoms with van der Waals surface area (Å²) in [6.07, 6.45) is 0.912. The zero-order valence-corrected chi connectivity index (χ0v) is 10.7. The summed E-state index contributed by atoms with van der Waals surface area (Å²) >= 11 is 0. The van der Waals surface area contributed by atoms with Gasteiger partial charge in [0.1, 0.15) is 0 Å². The fourth-order valence-corrected chi connectivity index (χ4v) is 2.00. The van der Waals surface area contributed by atoms with Crippen LogP contribution in [0.3, 0.4) is 0 Å². The van der Waals surface area contributed by atoms with Gasteiger partial charge in [0.25, 0.3) is 0 Å². The van der Waals surface area contributed by atoms with E-state index in [0.717, 1.165) is 18.7 Å². The lowest BCUT2D eigenvalue weighted by Gasteiger charge is -2.26. The highest BCUT2D eigenvalue weighted by Crippen LogP contribution is 2.28. The van der Waals surface area contributed by atoms with Crippen LogP contribution < -0.4 is 11.1 Å². The minimum atomic E-state index is -0.370. The molecule has 1 aliphatic rings. The predicted molar refractivity (Wildman–Crippen MR) is 69.7 cm³/mol. The SMILES string of the molecule is COC(=O)c1ccc(N)c(NC2(C)CCOC2)c1. The zero-order valence-electron chi connectivity index (χ0n) is 10.7. The standard InChI is InChI=1S/C13H18N2O3/c1-13(5-6-18-8-13)15-11-7-9(12(16)17-2)3-4-10(11)14/h3-4,7,15H,5-6,8,14H2,1-2H3. The van der Waals surface area contributed by atoms with Crippen molar-refractivity contribution in [3.05, 3.63) is 23.8 Å². The van der Waals surface area contributed by atoms with Crippen molar-refractivity contribution in [2.24, 2.45) is 0 Å². The van der Waals surface area contributed by atoms with E-state index in [1.165, 1.54) is 7.11 Å². The number of hydrogen-bond donors (Lipinski definition) is 2. The normalized spacial score (nSPS) is 22.8. The quantitative estimate of drug-likeness (QED) is 0.630. The number of anilines is 2. The molecule has 0 radical (unpaired) electrons. The summed E-state index contributed by atoms with van der Waals surface area (Å²) in [4.78, 5) is 11.5. The number of nitrogens with two attached hydrogens (primary N) is 1. The van der Waals surface area contributed by atoms with Crippen molar-refractivity contribution in [3.8, 4) is 0 Å². The van der Waals surface area contributed by atoms with Crippen LogP contribution in [0, 0.1) is 0 Å². The third-order valence-electron chi connectivity index (χ3n) is 3.13. The average Bonchev–Trinajstić information content (AvgIpc) is 2.78. The van der Waals surface area contributed by atoms with Crippen LogP contribution in [0.1, 0.15) is 23.7 Å². The fraction of sp³-hybridized carbons (Fsp3) is 0.462. The first-order valence-corrected chi connectivity index (χ1v) is 5.88. The Balaban J connectivity index is 2.23. The van der Waals surface area contributed by atoms with Crippen molar-refractivity contribution < 1.29 is 14.3 Å². The highest BCUT2D eigenvalue weighted by molar-refractivity contribution is 5.92. The number of benzene rings is 1. The van der Waals surface area contributed by atoms with Crippen molar-refractivity contribution in [3.63, 3.8) is 0 Å². The van der Waals surface area contributed by atoms with Gasteiger partial charge in [-0.25, -0.2) is 4.79 Å². The lowest BCUT2D eigenvalue weighted by Crippen LogP contribution is -2.35. The maximum absolute atomic E-state index is 11.5. The molecule has 0 saturated carbocycles. The van der Waals surface area contributed by atoms with Gasteiger partial charge in [0.05, 0.1) is 36.2 Å². The molecular weight excluding hydrogens is 232 g/mol. The summed E-state index contributed by atoms with van der Waals surface area (Å²) in [6, 6.07) is 5.07. The molecule has 18 heavy (non-hydrogen) atoms. The third kappa shape index (κ3) is 2.56. The van der Waals surface area contributed by atoms with Crippen LogP contribution in [0.2, 0.25) is 0 Å². The summed E-state index contributed by atoms with van der Waals surface area (Å²) < 4.78 is 10.1. The number of esters is 1. The van der Waals surface area contributed by atoms with Crippen molar-refractivity contribution in [2.45, 2.75) is 18.9 Å². The molecule has 0 amide bonds. The summed E-state index contributed by atoms with van der Waals surface area (Å²) in [7, 11) is 1.36. The Morgan fingerprint density at radius 2 is 2.33 bits per heavy atom. The largest absolute Gasteiger partial charge is 0.465 e. The average molecular weight is 250 g/mol. The smallest absolute Gasteiger partial charge is 0.337 e. The molecule has 1 aromatic rings. The van der Waals surface area contributed by atoms with Crippen LogP contribution in [0.25, 0.3) is 0 Å². The van der Waals surface area contributed by atoms with Crippen molar-refractivity contribution in [1.82, 2.24) is 0 Å². The monoisotopic (exact) mass is 250 g/mol. The van der Waals surface area contributed by atoms with Crippen LogP contribution in [-0.2, 0) is 9.47 Å². The highest BCUT2D eigenvalue weighted by atomic mass is 16.5. The fourth-order valence-electron chi connectivity index (χ4n) is 2.00. The van der Waals surface area contributed by atoms with Gasteiger partial charge in [-0.15, -0.1) is 0 Å². The summed E-state index contributed by atoms with van der Waals surface area (Å²) in [5, 5.41) is 3.35. The number of methoxy groups -OCH3 is 1. The lowest BCUT2D eigenvalue weighted by atomic mass is 10.0. The number of carbonyl (C=O) groups excluding carboxylic acids is 1. The molecule has 0 aliphatic carbocycles. The van der Waals surface area contributed by atoms with Crippen LogP contribution >= 0.6 is 0 Å². The van der Waals surface area contributed by atoms with E-state index < -0.39 is 0 Å². The van der Waals surface area contributed by atoms with Crippen molar-refractivity contribution in [2.75, 3.05) is 31.4 Å². The van der Waals surface area contributed by atoms with E-state index in [1.807, 2.05) is 0 Å². The van der Waals surface area contributed by atoms with Crippen molar-refractivity contribution in [1.29, 1.82) is 0 Å². The Kier molecular flexibility index (Phi) is 3.43. The van der Waals surface area contributed by atoms with E-state index in [1.54, 1.807) is 18.2 Å². The molecule has 1 fully saturated rings. The lowest BCUT2D eigenvalue weighted by molar-refractivity contribution is 0.0601. The Labute approximate surface area is 106 Å². The van der Waals surface area contributed by atoms with E-state index in [2.05, 4.69) is 12.2 Å². The van der Waals surface area contributed by atoms with Crippen LogP contribution in [0.15, 0.2) is 18.2 Å². The molecule has 5 heteroatoms. The molecule has 1 aliphatic heterocycles. The highest BCUT2D eigenvalue weighted by Gasteiger charge is 2.30. The van der Waals surface area contributed by atoms with Gasteiger partial charge in [0, 0.05) is 6.61 Å². The first kappa shape index (κ1) is 12.7. The van der Waals surface area contributed by atoms with Crippen LogP contribution in [0.5, 0.6) is 0 Å². The summed E-state index contributed by atoms with van der Waals surface area (Å²) in [5.41, 5.74) is 7.61. The molecular formula is C13H18N2O3. The van der Waals surface area contributed by atoms with E-state index in [0.29, 0.717) is 17.9 Å². The van der Waals surface area contributed by atoms with Gasteiger partial charge in [-0.2, -0.15) is 0 Å². The minimum Gasteiger partial charge on any atom is -0.465 e. The van der Waals surface area contributed by atoms with E-state index in [-0.39, 0.29) is 11.5 Å². The topological polar surface area (TPSA) is 73.6 Å². The van der Waals surface area contributed by atoms with Gasteiger partial charge in [0.2, 0.25) is 0 Å². The van der Waals surface area contributed by atoms with E-state index in [9.17, 15) is 4.79 Å². The van der Waals surface area contributed by atoms with Gasteiger partial charge in [0.15, 0.2) is 0 Å². The first-order valence-electron chi connectivity index (χ1n) is 5.88. The van der Waals surface area contributed by atoms with Gasteiger partial charge in [-0.05, 0) is 31.5 Å². The predicted octanol–water partition coefficient (Wildman–Crippen LogP) is 1.65. The molecule has 0 aromatic heterocycles. The number of ether oxygens (including phenoxy) is 2. The number of hydrogen-bond acceptors (Lipinski definition) is 5. The maximum atomic E-state index is 11.5. The number of nitrogen functional groups attached to an aromatic ring is 1. The Bertz CT molecular complexity index is 454. The second-order valence-electron chi connectivity index (χ2n) is 4.78. The minimum absolute atomic E-state index is 0.136.